The second kappa shape index (κ2) is 6.45. The predicted molar refractivity (Wildman–Crippen MR) is 103 cm³/mol. The van der Waals surface area contributed by atoms with Gasteiger partial charge in [0.05, 0.1) is 19.2 Å². The highest BCUT2D eigenvalue weighted by Crippen LogP contribution is 2.49. The smallest absolute Gasteiger partial charge is 0.309 e. The highest BCUT2D eigenvalue weighted by Gasteiger charge is 2.40. The number of esters is 1. The lowest BCUT2D eigenvalue weighted by Gasteiger charge is -2.37. The number of rotatable bonds is 4. The molecule has 2 aromatic rings. The lowest BCUT2D eigenvalue weighted by Crippen LogP contribution is -2.32. The van der Waals surface area contributed by atoms with Crippen molar-refractivity contribution < 1.29 is 9.53 Å². The van der Waals surface area contributed by atoms with E-state index in [9.17, 15) is 4.79 Å². The fourth-order valence-electron chi connectivity index (χ4n) is 3.22. The van der Waals surface area contributed by atoms with Gasteiger partial charge >= 0.3 is 5.97 Å². The number of nitrogens with one attached hydrogen (secondary N) is 1. The van der Waals surface area contributed by atoms with Crippen LogP contribution < -0.4 is 5.32 Å². The standard InChI is InChI=1S/C20H26N2O2S/c1-19(2)10-11-20(3,4)17-16(19)22-18(25-17)21-14-8-6-13(7-9-14)12-15(23)24-5/h6-9H,10-12H2,1-5H3,(H,21,22). The zero-order valence-corrected chi connectivity index (χ0v) is 16.4. The van der Waals surface area contributed by atoms with Crippen molar-refractivity contribution in [2.75, 3.05) is 12.4 Å². The van der Waals surface area contributed by atoms with Crippen molar-refractivity contribution in [3.63, 3.8) is 0 Å². The number of benzene rings is 1. The van der Waals surface area contributed by atoms with E-state index in [0.717, 1.165) is 16.4 Å². The quantitative estimate of drug-likeness (QED) is 0.786. The summed E-state index contributed by atoms with van der Waals surface area (Å²) in [6, 6.07) is 7.85. The molecule has 134 valence electrons. The van der Waals surface area contributed by atoms with Crippen LogP contribution in [0.4, 0.5) is 10.8 Å². The molecular weight excluding hydrogens is 332 g/mol. The fourth-order valence-corrected chi connectivity index (χ4v) is 4.51. The number of ether oxygens (including phenoxy) is 1. The number of carbonyl (C=O) groups is 1. The number of thiazole rings is 1. The Kier molecular flexibility index (Phi) is 4.62. The highest BCUT2D eigenvalue weighted by atomic mass is 32.1. The Morgan fingerprint density at radius 2 is 1.80 bits per heavy atom. The van der Waals surface area contributed by atoms with E-state index < -0.39 is 0 Å². The van der Waals surface area contributed by atoms with Crippen molar-refractivity contribution in [1.82, 2.24) is 4.98 Å². The van der Waals surface area contributed by atoms with Crippen molar-refractivity contribution in [2.24, 2.45) is 0 Å². The van der Waals surface area contributed by atoms with Crippen LogP contribution in [0.25, 0.3) is 0 Å². The maximum Gasteiger partial charge on any atom is 0.309 e. The number of methoxy groups -OCH3 is 1. The molecule has 0 unspecified atom stereocenters. The van der Waals surface area contributed by atoms with Gasteiger partial charge < -0.3 is 10.1 Å². The van der Waals surface area contributed by atoms with Gasteiger partial charge in [0.25, 0.3) is 0 Å². The number of nitrogens with zero attached hydrogens (tertiary/aromatic N) is 1. The summed E-state index contributed by atoms with van der Waals surface area (Å²) in [6.45, 7) is 9.19. The van der Waals surface area contributed by atoms with Crippen molar-refractivity contribution in [3.05, 3.63) is 40.4 Å². The van der Waals surface area contributed by atoms with E-state index in [1.54, 1.807) is 11.3 Å². The number of anilines is 2. The van der Waals surface area contributed by atoms with Crippen LogP contribution in [0.5, 0.6) is 0 Å². The Labute approximate surface area is 153 Å². The van der Waals surface area contributed by atoms with E-state index in [0.29, 0.717) is 6.42 Å². The first-order valence-electron chi connectivity index (χ1n) is 8.66. The number of aromatic nitrogens is 1. The molecule has 1 aliphatic rings. The van der Waals surface area contributed by atoms with Crippen molar-refractivity contribution in [2.45, 2.75) is 57.8 Å². The first-order valence-corrected chi connectivity index (χ1v) is 9.47. The molecule has 0 spiro atoms. The zero-order chi connectivity index (χ0) is 18.2. The third-order valence-corrected chi connectivity index (χ3v) is 6.38. The fraction of sp³-hybridized carbons (Fsp3) is 0.500. The maximum absolute atomic E-state index is 11.3. The molecule has 0 fully saturated rings. The third kappa shape index (κ3) is 3.71. The van der Waals surface area contributed by atoms with E-state index >= 15 is 0 Å². The average Bonchev–Trinajstić information content (AvgIpc) is 3.00. The Morgan fingerprint density at radius 3 is 2.40 bits per heavy atom. The first kappa shape index (κ1) is 17.9. The topological polar surface area (TPSA) is 51.2 Å². The van der Waals surface area contributed by atoms with Crippen LogP contribution in [0.2, 0.25) is 0 Å². The van der Waals surface area contributed by atoms with Crippen molar-refractivity contribution in [1.29, 1.82) is 0 Å². The summed E-state index contributed by atoms with van der Waals surface area (Å²) in [7, 11) is 1.41. The Balaban J connectivity index is 1.80. The zero-order valence-electron chi connectivity index (χ0n) is 15.6. The molecule has 1 aromatic heterocycles. The molecule has 0 aliphatic heterocycles. The van der Waals surface area contributed by atoms with Gasteiger partial charge in [-0.1, -0.05) is 39.8 Å². The molecule has 0 atom stereocenters. The van der Waals surface area contributed by atoms with E-state index in [1.807, 2.05) is 24.3 Å². The molecule has 0 saturated heterocycles. The predicted octanol–water partition coefficient (Wildman–Crippen LogP) is 4.95. The second-order valence-electron chi connectivity index (χ2n) is 8.04. The normalized spacial score (nSPS) is 17.6. The van der Waals surface area contributed by atoms with Crippen LogP contribution >= 0.6 is 11.3 Å². The van der Waals surface area contributed by atoms with Gasteiger partial charge in [-0.25, -0.2) is 4.98 Å². The summed E-state index contributed by atoms with van der Waals surface area (Å²) < 4.78 is 4.70. The van der Waals surface area contributed by atoms with E-state index in [-0.39, 0.29) is 16.8 Å². The van der Waals surface area contributed by atoms with Gasteiger partial charge in [-0.05, 0) is 30.5 Å². The van der Waals surface area contributed by atoms with Crippen LogP contribution in [-0.4, -0.2) is 18.1 Å². The SMILES string of the molecule is COC(=O)Cc1ccc(Nc2nc3c(s2)C(C)(C)CCC3(C)C)cc1. The Morgan fingerprint density at radius 1 is 1.16 bits per heavy atom. The largest absolute Gasteiger partial charge is 0.469 e. The minimum Gasteiger partial charge on any atom is -0.469 e. The average molecular weight is 359 g/mol. The molecule has 3 rings (SSSR count). The molecular formula is C20H26N2O2S. The molecule has 5 heteroatoms. The number of carbonyl (C=O) groups excluding carboxylic acids is 1. The van der Waals surface area contributed by atoms with Gasteiger partial charge in [0.2, 0.25) is 0 Å². The van der Waals surface area contributed by atoms with Crippen molar-refractivity contribution >= 4 is 28.1 Å². The summed E-state index contributed by atoms with van der Waals surface area (Å²) in [5, 5.41) is 4.36. The number of hydrogen-bond donors (Lipinski definition) is 1. The van der Waals surface area contributed by atoms with Crippen LogP contribution in [0.3, 0.4) is 0 Å². The second-order valence-corrected chi connectivity index (χ2v) is 9.04. The van der Waals surface area contributed by atoms with Gasteiger partial charge in [-0.2, -0.15) is 0 Å². The minimum absolute atomic E-state index is 0.131. The Bertz CT molecular complexity index is 742. The first-order chi connectivity index (χ1) is 11.7. The lowest BCUT2D eigenvalue weighted by molar-refractivity contribution is -0.139. The highest BCUT2D eigenvalue weighted by molar-refractivity contribution is 7.16. The van der Waals surface area contributed by atoms with Crippen LogP contribution in [0.1, 0.15) is 56.7 Å². The summed E-state index contributed by atoms with van der Waals surface area (Å²) in [5.41, 5.74) is 3.48. The molecule has 1 aliphatic carbocycles. The van der Waals surface area contributed by atoms with Crippen molar-refractivity contribution in [3.8, 4) is 0 Å². The minimum atomic E-state index is -0.224. The molecule has 25 heavy (non-hydrogen) atoms. The molecule has 1 N–H and O–H groups in total. The van der Waals surface area contributed by atoms with Crippen LogP contribution in [-0.2, 0) is 26.8 Å². The summed E-state index contributed by atoms with van der Waals surface area (Å²) in [6.07, 6.45) is 2.65. The van der Waals surface area contributed by atoms with E-state index in [1.165, 1.54) is 30.5 Å². The molecule has 0 bridgehead atoms. The molecule has 0 saturated carbocycles. The maximum atomic E-state index is 11.3. The van der Waals surface area contributed by atoms with E-state index in [4.69, 9.17) is 9.72 Å². The monoisotopic (exact) mass is 358 g/mol. The third-order valence-electron chi connectivity index (χ3n) is 5.04. The lowest BCUT2D eigenvalue weighted by atomic mass is 9.69. The van der Waals surface area contributed by atoms with Gasteiger partial charge in [0.1, 0.15) is 0 Å². The molecule has 0 amide bonds. The molecule has 0 radical (unpaired) electrons. The van der Waals surface area contributed by atoms with Crippen LogP contribution in [0, 0.1) is 0 Å². The summed E-state index contributed by atoms with van der Waals surface area (Å²) >= 11 is 1.76. The molecule has 1 aromatic carbocycles. The van der Waals surface area contributed by atoms with Crippen LogP contribution in [0.15, 0.2) is 24.3 Å². The molecule has 4 nitrogen and oxygen atoms in total. The van der Waals surface area contributed by atoms with Gasteiger partial charge in [-0.15, -0.1) is 11.3 Å². The van der Waals surface area contributed by atoms with Gasteiger partial charge in [0.15, 0.2) is 5.13 Å². The summed E-state index contributed by atoms with van der Waals surface area (Å²) in [5.74, 6) is -0.224. The van der Waals surface area contributed by atoms with Gasteiger partial charge in [0, 0.05) is 21.4 Å². The number of hydrogen-bond acceptors (Lipinski definition) is 5. The summed E-state index contributed by atoms with van der Waals surface area (Å²) in [4.78, 5) is 17.7. The Hall–Kier alpha value is -1.88. The van der Waals surface area contributed by atoms with Gasteiger partial charge in [-0.3, -0.25) is 4.79 Å². The number of fused-ring (bicyclic) bond motifs is 1. The van der Waals surface area contributed by atoms with E-state index in [2.05, 4.69) is 33.0 Å². The molecule has 1 heterocycles.